The smallest absolute Gasteiger partial charge is 0.0899 e. The van der Waals surface area contributed by atoms with Gasteiger partial charge in [-0.05, 0) is 6.92 Å². The molecule has 70 valence electrons. The predicted molar refractivity (Wildman–Crippen MR) is 59.7 cm³/mol. The van der Waals surface area contributed by atoms with Gasteiger partial charge in [0.05, 0.1) is 11.0 Å². The Labute approximate surface area is 83.9 Å². The first-order valence-electron chi connectivity index (χ1n) is 4.26. The summed E-state index contributed by atoms with van der Waals surface area (Å²) >= 11 is 6.99. The molecule has 1 aliphatic heterocycles. The number of nitrogens with zero attached hydrogens (tertiary/aromatic N) is 1. The molecule has 0 bridgehead atoms. The maximum atomic E-state index is 5.60. The van der Waals surface area contributed by atoms with E-state index in [2.05, 4.69) is 18.7 Å². The molecule has 2 atom stereocenters. The third kappa shape index (κ3) is 2.61. The molecule has 0 radical (unpaired) electrons. The van der Waals surface area contributed by atoms with Gasteiger partial charge >= 0.3 is 0 Å². The van der Waals surface area contributed by atoms with E-state index >= 15 is 0 Å². The van der Waals surface area contributed by atoms with Gasteiger partial charge in [0, 0.05) is 24.1 Å². The monoisotopic (exact) mass is 204 g/mol. The summed E-state index contributed by atoms with van der Waals surface area (Å²) in [6.45, 7) is 6.57. The Morgan fingerprint density at radius 3 is 2.92 bits per heavy atom. The summed E-state index contributed by atoms with van der Waals surface area (Å²) in [7, 11) is 0. The van der Waals surface area contributed by atoms with E-state index in [0.29, 0.717) is 4.99 Å². The van der Waals surface area contributed by atoms with E-state index in [1.54, 1.807) is 0 Å². The quantitative estimate of drug-likeness (QED) is 0.682. The van der Waals surface area contributed by atoms with E-state index in [9.17, 15) is 0 Å². The lowest BCUT2D eigenvalue weighted by Gasteiger charge is -2.34. The summed E-state index contributed by atoms with van der Waals surface area (Å²) in [5, 5.41) is 0.718. The number of hydrogen-bond donors (Lipinski definition) is 1. The van der Waals surface area contributed by atoms with Gasteiger partial charge in [0.15, 0.2) is 0 Å². The van der Waals surface area contributed by atoms with Crippen LogP contribution in [0.15, 0.2) is 0 Å². The molecule has 2 unspecified atom stereocenters. The van der Waals surface area contributed by atoms with E-state index in [1.807, 2.05) is 11.8 Å². The molecule has 12 heavy (non-hydrogen) atoms. The van der Waals surface area contributed by atoms with Crippen molar-refractivity contribution in [2.75, 3.05) is 18.8 Å². The van der Waals surface area contributed by atoms with Crippen molar-refractivity contribution in [2.45, 2.75) is 25.1 Å². The number of hydrogen-bond acceptors (Lipinski definition) is 3. The fourth-order valence-electron chi connectivity index (χ4n) is 1.38. The van der Waals surface area contributed by atoms with Gasteiger partial charge in [-0.2, -0.15) is 11.8 Å². The average Bonchev–Trinajstić information content (AvgIpc) is 2.03. The van der Waals surface area contributed by atoms with Crippen molar-refractivity contribution >= 4 is 29.0 Å². The minimum atomic E-state index is 0.267. The fourth-order valence-corrected chi connectivity index (χ4v) is 2.57. The highest BCUT2D eigenvalue weighted by Crippen LogP contribution is 2.19. The van der Waals surface area contributed by atoms with Crippen LogP contribution in [0.4, 0.5) is 0 Å². The Kier molecular flexibility index (Phi) is 3.80. The zero-order valence-corrected chi connectivity index (χ0v) is 9.25. The minimum absolute atomic E-state index is 0.267. The largest absolute Gasteiger partial charge is 0.392 e. The molecule has 0 aromatic rings. The van der Waals surface area contributed by atoms with Crippen molar-refractivity contribution in [3.8, 4) is 0 Å². The Morgan fingerprint density at radius 1 is 1.75 bits per heavy atom. The lowest BCUT2D eigenvalue weighted by Crippen LogP contribution is -2.47. The second-order valence-electron chi connectivity index (χ2n) is 3.25. The van der Waals surface area contributed by atoms with Gasteiger partial charge in [0.2, 0.25) is 0 Å². The van der Waals surface area contributed by atoms with Crippen LogP contribution in [-0.2, 0) is 0 Å². The van der Waals surface area contributed by atoms with Gasteiger partial charge in [0.25, 0.3) is 0 Å². The van der Waals surface area contributed by atoms with Crippen molar-refractivity contribution in [3.05, 3.63) is 0 Å². The van der Waals surface area contributed by atoms with Crippen molar-refractivity contribution in [2.24, 2.45) is 5.73 Å². The molecule has 0 aromatic carbocycles. The molecule has 0 amide bonds. The topological polar surface area (TPSA) is 29.3 Å². The van der Waals surface area contributed by atoms with E-state index in [1.165, 1.54) is 5.75 Å². The molecule has 0 aliphatic carbocycles. The van der Waals surface area contributed by atoms with Crippen molar-refractivity contribution in [1.82, 2.24) is 4.90 Å². The van der Waals surface area contributed by atoms with Crippen LogP contribution < -0.4 is 5.73 Å². The summed E-state index contributed by atoms with van der Waals surface area (Å²) in [5.41, 5.74) is 5.60. The van der Waals surface area contributed by atoms with E-state index in [4.69, 9.17) is 18.0 Å². The highest BCUT2D eigenvalue weighted by Gasteiger charge is 2.22. The van der Waals surface area contributed by atoms with Crippen LogP contribution in [0, 0.1) is 0 Å². The minimum Gasteiger partial charge on any atom is -0.392 e. The van der Waals surface area contributed by atoms with Crippen LogP contribution in [0.1, 0.15) is 13.8 Å². The van der Waals surface area contributed by atoms with Gasteiger partial charge in [-0.25, -0.2) is 0 Å². The van der Waals surface area contributed by atoms with Gasteiger partial charge in [0.1, 0.15) is 0 Å². The zero-order valence-electron chi connectivity index (χ0n) is 7.62. The number of nitrogens with two attached hydrogens (primary N) is 1. The van der Waals surface area contributed by atoms with E-state index < -0.39 is 0 Å². The van der Waals surface area contributed by atoms with E-state index in [-0.39, 0.29) is 6.04 Å². The molecule has 1 rings (SSSR count). The van der Waals surface area contributed by atoms with E-state index in [0.717, 1.165) is 18.3 Å². The van der Waals surface area contributed by atoms with Crippen LogP contribution in [0.5, 0.6) is 0 Å². The summed E-state index contributed by atoms with van der Waals surface area (Å²) in [6, 6.07) is 0.267. The molecule has 2 N–H and O–H groups in total. The molecular formula is C8H16N2S2. The Morgan fingerprint density at radius 2 is 2.42 bits per heavy atom. The van der Waals surface area contributed by atoms with Crippen LogP contribution >= 0.6 is 24.0 Å². The normalized spacial score (nSPS) is 28.3. The number of rotatable bonds is 2. The van der Waals surface area contributed by atoms with Crippen molar-refractivity contribution in [1.29, 1.82) is 0 Å². The Hall–Kier alpha value is 0.200. The summed E-state index contributed by atoms with van der Waals surface area (Å²) in [5.74, 6) is 1.20. The van der Waals surface area contributed by atoms with Crippen LogP contribution in [0.3, 0.4) is 0 Å². The Balaban J connectivity index is 2.45. The van der Waals surface area contributed by atoms with Crippen molar-refractivity contribution < 1.29 is 0 Å². The third-order valence-corrected chi connectivity index (χ3v) is 3.71. The molecule has 1 saturated heterocycles. The second kappa shape index (κ2) is 4.44. The maximum Gasteiger partial charge on any atom is 0.0899 e. The highest BCUT2D eigenvalue weighted by atomic mass is 32.2. The lowest BCUT2D eigenvalue weighted by molar-refractivity contribution is 0.266. The first-order chi connectivity index (χ1) is 5.61. The van der Waals surface area contributed by atoms with Crippen LogP contribution in [0.2, 0.25) is 0 Å². The molecule has 0 spiro atoms. The first-order valence-corrected chi connectivity index (χ1v) is 5.72. The molecule has 0 saturated carbocycles. The van der Waals surface area contributed by atoms with Gasteiger partial charge in [-0.15, -0.1) is 0 Å². The van der Waals surface area contributed by atoms with Crippen molar-refractivity contribution in [3.63, 3.8) is 0 Å². The zero-order chi connectivity index (χ0) is 9.14. The Bertz CT molecular complexity index is 172. The number of thiocarbonyl (C=S) groups is 1. The lowest BCUT2D eigenvalue weighted by atomic mass is 10.2. The molecule has 1 aliphatic rings. The average molecular weight is 204 g/mol. The van der Waals surface area contributed by atoms with Crippen LogP contribution in [-0.4, -0.2) is 40.0 Å². The summed E-state index contributed by atoms with van der Waals surface area (Å²) < 4.78 is 0. The first kappa shape index (κ1) is 10.3. The third-order valence-electron chi connectivity index (χ3n) is 2.23. The van der Waals surface area contributed by atoms with Crippen LogP contribution in [0.25, 0.3) is 0 Å². The van der Waals surface area contributed by atoms with Gasteiger partial charge in [-0.3, -0.25) is 4.90 Å². The molecule has 1 fully saturated rings. The fraction of sp³-hybridized carbons (Fsp3) is 0.875. The highest BCUT2D eigenvalue weighted by molar-refractivity contribution is 7.99. The van der Waals surface area contributed by atoms with Gasteiger partial charge in [-0.1, -0.05) is 19.1 Å². The predicted octanol–water partition coefficient (Wildman–Crippen LogP) is 1.10. The molecular weight excluding hydrogens is 188 g/mol. The van der Waals surface area contributed by atoms with Gasteiger partial charge < -0.3 is 5.73 Å². The molecule has 1 heterocycles. The number of thioether (sulfide) groups is 1. The SMILES string of the molecule is CC1CN(C(C)C(N)=S)CCS1. The second-order valence-corrected chi connectivity index (χ2v) is 5.27. The molecule has 2 nitrogen and oxygen atoms in total. The summed E-state index contributed by atoms with van der Waals surface area (Å²) in [6.07, 6.45) is 0. The molecule has 0 aromatic heterocycles. The molecule has 4 heteroatoms. The summed E-state index contributed by atoms with van der Waals surface area (Å²) in [4.78, 5) is 2.98. The standard InChI is InChI=1S/C8H16N2S2/c1-6-5-10(3-4-12-6)7(2)8(9)11/h6-7H,3-5H2,1-2H3,(H2,9,11). The maximum absolute atomic E-state index is 5.60.